The van der Waals surface area contributed by atoms with Gasteiger partial charge in [-0.2, -0.15) is 0 Å². The van der Waals surface area contributed by atoms with Gasteiger partial charge in [-0.15, -0.1) is 0 Å². The normalized spacial score (nSPS) is 26.4. The minimum atomic E-state index is -0.170. The van der Waals surface area contributed by atoms with E-state index < -0.39 is 0 Å². The van der Waals surface area contributed by atoms with Crippen molar-refractivity contribution in [2.24, 2.45) is 0 Å². The van der Waals surface area contributed by atoms with Crippen LogP contribution in [-0.2, 0) is 14.3 Å². The molecule has 0 amide bonds. The lowest BCUT2D eigenvalue weighted by molar-refractivity contribution is -0.146. The van der Waals surface area contributed by atoms with E-state index in [1.165, 1.54) is 0 Å². The summed E-state index contributed by atoms with van der Waals surface area (Å²) in [6.45, 7) is 3.35. The number of unbranched alkanes of at least 4 members (excludes halogenated alkanes) is 1. The average molecular weight is 201 g/mol. The van der Waals surface area contributed by atoms with E-state index in [9.17, 15) is 4.79 Å². The molecule has 1 fully saturated rings. The predicted octanol–water partition coefficient (Wildman–Crippen LogP) is 0.707. The Morgan fingerprint density at radius 1 is 1.57 bits per heavy atom. The Hall–Kier alpha value is -0.610. The zero-order valence-electron chi connectivity index (χ0n) is 8.91. The Kier molecular flexibility index (Phi) is 4.90. The van der Waals surface area contributed by atoms with Crippen molar-refractivity contribution in [2.45, 2.75) is 38.3 Å². The minimum Gasteiger partial charge on any atom is -0.465 e. The summed E-state index contributed by atoms with van der Waals surface area (Å²) >= 11 is 0. The second-order valence-electron chi connectivity index (χ2n) is 3.58. The van der Waals surface area contributed by atoms with Gasteiger partial charge < -0.3 is 14.8 Å². The molecule has 0 saturated carbocycles. The summed E-state index contributed by atoms with van der Waals surface area (Å²) in [6, 6.07) is -0.170. The van der Waals surface area contributed by atoms with E-state index in [2.05, 4.69) is 12.2 Å². The summed E-state index contributed by atoms with van der Waals surface area (Å²) in [5.74, 6) is -0.141. The lowest BCUT2D eigenvalue weighted by atomic mass is 10.2. The van der Waals surface area contributed by atoms with E-state index in [0.29, 0.717) is 6.61 Å². The molecule has 82 valence electrons. The molecule has 1 heterocycles. The Balaban J connectivity index is 2.18. The highest BCUT2D eigenvalue weighted by atomic mass is 16.5. The number of nitrogens with one attached hydrogen (secondary N) is 1. The predicted molar refractivity (Wildman–Crippen MR) is 53.1 cm³/mol. The molecule has 14 heavy (non-hydrogen) atoms. The maximum absolute atomic E-state index is 11.4. The van der Waals surface area contributed by atoms with Gasteiger partial charge in [0.1, 0.15) is 6.04 Å². The summed E-state index contributed by atoms with van der Waals surface area (Å²) in [6.07, 6.45) is 2.86. The third-order valence-corrected chi connectivity index (χ3v) is 2.45. The second-order valence-corrected chi connectivity index (χ2v) is 3.58. The molecule has 1 aliphatic rings. The minimum absolute atomic E-state index is 0.141. The van der Waals surface area contributed by atoms with Crippen molar-refractivity contribution in [3.63, 3.8) is 0 Å². The number of esters is 1. The standard InChI is InChI=1S/C10H19NO3/c1-3-4-5-14-10(12)9-6-8(13-2)7-11-9/h8-9,11H,3-7H2,1-2H3. The quantitative estimate of drug-likeness (QED) is 0.525. The van der Waals surface area contributed by atoms with Crippen LogP contribution in [0.3, 0.4) is 0 Å². The molecule has 0 aliphatic carbocycles. The van der Waals surface area contributed by atoms with Gasteiger partial charge in [-0.3, -0.25) is 4.79 Å². The number of hydrogen-bond acceptors (Lipinski definition) is 4. The van der Waals surface area contributed by atoms with Crippen molar-refractivity contribution in [3.8, 4) is 0 Å². The molecule has 4 nitrogen and oxygen atoms in total. The largest absolute Gasteiger partial charge is 0.465 e. The van der Waals surface area contributed by atoms with E-state index >= 15 is 0 Å². The molecule has 1 rings (SSSR count). The smallest absolute Gasteiger partial charge is 0.323 e. The van der Waals surface area contributed by atoms with Crippen LogP contribution >= 0.6 is 0 Å². The third-order valence-electron chi connectivity index (χ3n) is 2.45. The van der Waals surface area contributed by atoms with Crippen LogP contribution in [0.25, 0.3) is 0 Å². The van der Waals surface area contributed by atoms with Crippen LogP contribution in [0.4, 0.5) is 0 Å². The van der Waals surface area contributed by atoms with Gasteiger partial charge in [0.2, 0.25) is 0 Å². The molecule has 0 aromatic carbocycles. The van der Waals surface area contributed by atoms with Gasteiger partial charge in [-0.05, 0) is 6.42 Å². The molecule has 0 aromatic heterocycles. The second kappa shape index (κ2) is 5.98. The summed E-state index contributed by atoms with van der Waals surface area (Å²) in [4.78, 5) is 11.4. The summed E-state index contributed by atoms with van der Waals surface area (Å²) in [5.41, 5.74) is 0. The van der Waals surface area contributed by atoms with Crippen molar-refractivity contribution >= 4 is 5.97 Å². The first-order chi connectivity index (χ1) is 6.77. The lowest BCUT2D eigenvalue weighted by Crippen LogP contribution is -2.32. The fourth-order valence-electron chi connectivity index (χ4n) is 1.48. The number of carbonyl (C=O) groups is 1. The number of hydrogen-bond donors (Lipinski definition) is 1. The maximum atomic E-state index is 11.4. The Bertz CT molecular complexity index is 184. The van der Waals surface area contributed by atoms with Crippen LogP contribution in [0.2, 0.25) is 0 Å². The van der Waals surface area contributed by atoms with Crippen LogP contribution in [0.5, 0.6) is 0 Å². The van der Waals surface area contributed by atoms with Crippen molar-refractivity contribution in [3.05, 3.63) is 0 Å². The van der Waals surface area contributed by atoms with Gasteiger partial charge in [-0.1, -0.05) is 13.3 Å². The fraction of sp³-hybridized carbons (Fsp3) is 0.900. The molecule has 1 saturated heterocycles. The van der Waals surface area contributed by atoms with Gasteiger partial charge in [-0.25, -0.2) is 0 Å². The molecule has 2 unspecified atom stereocenters. The first-order valence-electron chi connectivity index (χ1n) is 5.20. The molecule has 4 heteroatoms. The van der Waals surface area contributed by atoms with Crippen molar-refractivity contribution in [1.82, 2.24) is 5.32 Å². The topological polar surface area (TPSA) is 47.6 Å². The SMILES string of the molecule is CCCCOC(=O)C1CC(OC)CN1. The molecule has 0 spiro atoms. The van der Waals surface area contributed by atoms with Crippen LogP contribution in [-0.4, -0.2) is 38.4 Å². The van der Waals surface area contributed by atoms with Gasteiger partial charge in [0.05, 0.1) is 12.7 Å². The van der Waals surface area contributed by atoms with E-state index in [-0.39, 0.29) is 18.1 Å². The average Bonchev–Trinajstić information content (AvgIpc) is 2.66. The first kappa shape index (κ1) is 11.5. The highest BCUT2D eigenvalue weighted by molar-refractivity contribution is 5.76. The zero-order chi connectivity index (χ0) is 10.4. The van der Waals surface area contributed by atoms with Crippen LogP contribution in [0.15, 0.2) is 0 Å². The third kappa shape index (κ3) is 3.27. The highest BCUT2D eigenvalue weighted by Gasteiger charge is 2.30. The number of ether oxygens (including phenoxy) is 2. The van der Waals surface area contributed by atoms with Crippen LogP contribution in [0, 0.1) is 0 Å². The van der Waals surface area contributed by atoms with E-state index in [1.807, 2.05) is 0 Å². The number of rotatable bonds is 5. The number of carbonyl (C=O) groups excluding carboxylic acids is 1. The fourth-order valence-corrected chi connectivity index (χ4v) is 1.48. The van der Waals surface area contributed by atoms with Gasteiger partial charge in [0, 0.05) is 20.1 Å². The molecule has 2 atom stereocenters. The maximum Gasteiger partial charge on any atom is 0.323 e. The molecule has 0 radical (unpaired) electrons. The molecule has 1 aliphatic heterocycles. The van der Waals surface area contributed by atoms with Gasteiger partial charge in [0.25, 0.3) is 0 Å². The Morgan fingerprint density at radius 2 is 2.36 bits per heavy atom. The van der Waals surface area contributed by atoms with E-state index in [0.717, 1.165) is 25.8 Å². The van der Waals surface area contributed by atoms with E-state index in [4.69, 9.17) is 9.47 Å². The van der Waals surface area contributed by atoms with Crippen molar-refractivity contribution < 1.29 is 14.3 Å². The van der Waals surface area contributed by atoms with Crippen molar-refractivity contribution in [1.29, 1.82) is 0 Å². The monoisotopic (exact) mass is 201 g/mol. The Labute approximate surface area is 85.0 Å². The molecule has 0 bridgehead atoms. The summed E-state index contributed by atoms with van der Waals surface area (Å²) in [5, 5.41) is 3.08. The summed E-state index contributed by atoms with van der Waals surface area (Å²) in [7, 11) is 1.66. The van der Waals surface area contributed by atoms with Crippen LogP contribution < -0.4 is 5.32 Å². The number of methoxy groups -OCH3 is 1. The lowest BCUT2D eigenvalue weighted by Gasteiger charge is -2.09. The molecule has 0 aromatic rings. The first-order valence-corrected chi connectivity index (χ1v) is 5.20. The molecular weight excluding hydrogens is 182 g/mol. The van der Waals surface area contributed by atoms with E-state index in [1.54, 1.807) is 7.11 Å². The highest BCUT2D eigenvalue weighted by Crippen LogP contribution is 2.10. The van der Waals surface area contributed by atoms with Gasteiger partial charge in [0.15, 0.2) is 0 Å². The summed E-state index contributed by atoms with van der Waals surface area (Å²) < 4.78 is 10.2. The van der Waals surface area contributed by atoms with Crippen molar-refractivity contribution in [2.75, 3.05) is 20.3 Å². The molecule has 1 N–H and O–H groups in total. The zero-order valence-corrected chi connectivity index (χ0v) is 8.91. The Morgan fingerprint density at radius 3 is 2.93 bits per heavy atom. The van der Waals surface area contributed by atoms with Gasteiger partial charge >= 0.3 is 5.97 Å². The molecular formula is C10H19NO3. The van der Waals surface area contributed by atoms with Crippen LogP contribution in [0.1, 0.15) is 26.2 Å².